The maximum absolute atomic E-state index is 12.4. The van der Waals surface area contributed by atoms with Gasteiger partial charge in [-0.25, -0.2) is 4.79 Å². The summed E-state index contributed by atoms with van der Waals surface area (Å²) < 4.78 is 1.77. The van der Waals surface area contributed by atoms with Gasteiger partial charge in [-0.05, 0) is 72.5 Å². The van der Waals surface area contributed by atoms with Crippen LogP contribution in [0.25, 0.3) is 10.9 Å². The Morgan fingerprint density at radius 3 is 2.47 bits per heavy atom. The molecule has 0 aliphatic rings. The number of aliphatic hydroxyl groups is 1. The largest absolute Gasteiger partial charge is 0.477 e. The predicted molar refractivity (Wildman–Crippen MR) is 150 cm³/mol. The number of aromatic nitrogens is 1. The number of amides is 1. The number of benzene rings is 3. The first kappa shape index (κ1) is 27.4. The van der Waals surface area contributed by atoms with Gasteiger partial charge in [0.05, 0.1) is 6.10 Å². The molecule has 1 aromatic heterocycles. The Morgan fingerprint density at radius 1 is 1.00 bits per heavy atom. The molecule has 2 atom stereocenters. The minimum Gasteiger partial charge on any atom is -0.477 e. The molecular formula is C30H32ClN3O4. The van der Waals surface area contributed by atoms with Gasteiger partial charge in [0.15, 0.2) is 0 Å². The number of carbonyl (C=O) groups excluding carboxylic acids is 1. The van der Waals surface area contributed by atoms with Gasteiger partial charge in [-0.2, -0.15) is 0 Å². The van der Waals surface area contributed by atoms with Crippen LogP contribution in [0.1, 0.15) is 50.6 Å². The Balaban J connectivity index is 1.50. The topological polar surface area (TPSA) is 94.8 Å². The number of hydrogen-bond donors (Lipinski definition) is 3. The van der Waals surface area contributed by atoms with Crippen molar-refractivity contribution < 1.29 is 19.8 Å². The zero-order chi connectivity index (χ0) is 27.4. The molecule has 4 rings (SSSR count). The van der Waals surface area contributed by atoms with Gasteiger partial charge >= 0.3 is 5.97 Å². The molecule has 0 bridgehead atoms. The zero-order valence-electron chi connectivity index (χ0n) is 21.7. The first-order valence-electron chi connectivity index (χ1n) is 12.5. The average Bonchev–Trinajstić information content (AvgIpc) is 3.24. The summed E-state index contributed by atoms with van der Waals surface area (Å²) >= 11 is 6.03. The maximum atomic E-state index is 12.4. The summed E-state index contributed by atoms with van der Waals surface area (Å²) in [5.74, 6) is -1.11. The quantitative estimate of drug-likeness (QED) is 0.267. The monoisotopic (exact) mass is 533 g/mol. The van der Waals surface area contributed by atoms with Crippen molar-refractivity contribution in [3.05, 3.63) is 106 Å². The molecule has 3 N–H and O–H groups in total. The number of aromatic carboxylic acids is 1. The molecule has 0 aliphatic heterocycles. The minimum atomic E-state index is -1.01. The highest BCUT2D eigenvalue weighted by Crippen LogP contribution is 2.24. The van der Waals surface area contributed by atoms with Crippen LogP contribution in [0.15, 0.2) is 72.8 Å². The molecule has 7 nitrogen and oxygen atoms in total. The van der Waals surface area contributed by atoms with Gasteiger partial charge in [-0.3, -0.25) is 4.79 Å². The van der Waals surface area contributed by atoms with Crippen LogP contribution in [-0.4, -0.2) is 58.2 Å². The molecule has 8 heteroatoms. The summed E-state index contributed by atoms with van der Waals surface area (Å²) in [5, 5.41) is 25.2. The highest BCUT2D eigenvalue weighted by molar-refractivity contribution is 6.30. The van der Waals surface area contributed by atoms with Crippen molar-refractivity contribution in [1.29, 1.82) is 0 Å². The van der Waals surface area contributed by atoms with Crippen LogP contribution in [-0.2, 0) is 13.0 Å². The Bertz CT molecular complexity index is 1460. The highest BCUT2D eigenvalue weighted by atomic mass is 35.5. The lowest BCUT2D eigenvalue weighted by Gasteiger charge is -2.18. The Kier molecular flexibility index (Phi) is 8.52. The summed E-state index contributed by atoms with van der Waals surface area (Å²) in [7, 11) is 3.40. The SMILES string of the molecule is C[C@H](Cc1ccc2c(c1)cc(C(=O)O)n2Cc1cccc(C(=O)N(C)C)c1)NC[C@H](O)c1cccc(Cl)c1. The molecule has 0 saturated carbocycles. The number of nitrogens with one attached hydrogen (secondary N) is 1. The van der Waals surface area contributed by atoms with E-state index in [2.05, 4.69) is 5.32 Å². The standard InChI is InChI=1S/C30H32ClN3O4/c1-19(32-17-28(35)22-7-5-9-25(31)15-22)12-20-10-11-26-24(13-20)16-27(30(37)38)34(26)18-21-6-4-8-23(14-21)29(36)33(2)3/h4-11,13-16,19,28,32,35H,12,17-18H2,1-3H3,(H,37,38)/t19-,28+/m1/s1. The van der Waals surface area contributed by atoms with E-state index in [0.29, 0.717) is 30.1 Å². The number of aliphatic hydroxyl groups excluding tert-OH is 1. The molecule has 198 valence electrons. The van der Waals surface area contributed by atoms with E-state index in [1.165, 1.54) is 4.90 Å². The summed E-state index contributed by atoms with van der Waals surface area (Å²) in [4.78, 5) is 26.0. The second-order valence-corrected chi connectivity index (χ2v) is 10.2. The van der Waals surface area contributed by atoms with E-state index < -0.39 is 12.1 Å². The van der Waals surface area contributed by atoms with E-state index in [1.807, 2.05) is 49.4 Å². The third kappa shape index (κ3) is 6.42. The molecule has 38 heavy (non-hydrogen) atoms. The lowest BCUT2D eigenvalue weighted by atomic mass is 10.0. The lowest BCUT2D eigenvalue weighted by Crippen LogP contribution is -2.32. The third-order valence-corrected chi connectivity index (χ3v) is 6.78. The second kappa shape index (κ2) is 11.8. The first-order chi connectivity index (χ1) is 18.1. The Morgan fingerprint density at radius 2 is 1.76 bits per heavy atom. The number of halogens is 1. The predicted octanol–water partition coefficient (Wildman–Crippen LogP) is 5.00. The van der Waals surface area contributed by atoms with Crippen molar-refractivity contribution in [3.8, 4) is 0 Å². The minimum absolute atomic E-state index is 0.0827. The van der Waals surface area contributed by atoms with Crippen LogP contribution in [0.3, 0.4) is 0 Å². The molecule has 0 saturated heterocycles. The molecular weight excluding hydrogens is 502 g/mol. The van der Waals surface area contributed by atoms with Gasteiger partial charge < -0.3 is 25.0 Å². The third-order valence-electron chi connectivity index (χ3n) is 6.54. The van der Waals surface area contributed by atoms with Gasteiger partial charge in [-0.1, -0.05) is 41.9 Å². The normalized spacial score (nSPS) is 12.9. The number of hydrogen-bond acceptors (Lipinski definition) is 4. The molecule has 4 aromatic rings. The van der Waals surface area contributed by atoms with Gasteiger partial charge in [0.2, 0.25) is 0 Å². The number of carbonyl (C=O) groups is 2. The highest BCUT2D eigenvalue weighted by Gasteiger charge is 2.17. The van der Waals surface area contributed by atoms with Crippen molar-refractivity contribution in [3.63, 3.8) is 0 Å². The van der Waals surface area contributed by atoms with E-state index in [1.54, 1.807) is 49.0 Å². The fraction of sp³-hybridized carbons (Fsp3) is 0.267. The average molecular weight is 534 g/mol. The van der Waals surface area contributed by atoms with E-state index in [-0.39, 0.29) is 17.6 Å². The lowest BCUT2D eigenvalue weighted by molar-refractivity contribution is 0.0685. The van der Waals surface area contributed by atoms with Crippen molar-refractivity contribution >= 4 is 34.4 Å². The molecule has 0 unspecified atom stereocenters. The van der Waals surface area contributed by atoms with Crippen LogP contribution in [0.2, 0.25) is 5.02 Å². The molecule has 0 spiro atoms. The van der Waals surface area contributed by atoms with Crippen LogP contribution < -0.4 is 5.32 Å². The molecule has 1 amide bonds. The van der Waals surface area contributed by atoms with Crippen molar-refractivity contribution in [1.82, 2.24) is 14.8 Å². The van der Waals surface area contributed by atoms with Gasteiger partial charge in [0, 0.05) is 54.7 Å². The van der Waals surface area contributed by atoms with Crippen LogP contribution in [0, 0.1) is 0 Å². The van der Waals surface area contributed by atoms with E-state index in [4.69, 9.17) is 11.6 Å². The van der Waals surface area contributed by atoms with Gasteiger partial charge in [0.25, 0.3) is 5.91 Å². The smallest absolute Gasteiger partial charge is 0.352 e. The maximum Gasteiger partial charge on any atom is 0.352 e. The molecule has 0 fully saturated rings. The summed E-state index contributed by atoms with van der Waals surface area (Å²) in [6.45, 7) is 2.77. The number of fused-ring (bicyclic) bond motifs is 1. The summed E-state index contributed by atoms with van der Waals surface area (Å²) in [6, 6.07) is 22.2. The number of nitrogens with zero attached hydrogens (tertiary/aromatic N) is 2. The molecule has 0 aliphatic carbocycles. The zero-order valence-corrected chi connectivity index (χ0v) is 22.4. The Hall–Kier alpha value is -3.65. The summed E-state index contributed by atoms with van der Waals surface area (Å²) in [5.41, 5.74) is 4.23. The first-order valence-corrected chi connectivity index (χ1v) is 12.8. The number of rotatable bonds is 10. The fourth-order valence-corrected chi connectivity index (χ4v) is 4.81. The van der Waals surface area contributed by atoms with Crippen LogP contribution in [0.4, 0.5) is 0 Å². The van der Waals surface area contributed by atoms with Crippen LogP contribution in [0.5, 0.6) is 0 Å². The summed E-state index contributed by atoms with van der Waals surface area (Å²) in [6.07, 6.45) is 0.0397. The van der Waals surface area contributed by atoms with Gasteiger partial charge in [0.1, 0.15) is 5.69 Å². The fourth-order valence-electron chi connectivity index (χ4n) is 4.61. The molecule has 0 radical (unpaired) electrons. The van der Waals surface area contributed by atoms with Crippen LogP contribution >= 0.6 is 11.6 Å². The van der Waals surface area contributed by atoms with Crippen molar-refractivity contribution in [2.24, 2.45) is 0 Å². The number of carboxylic acid groups (broad SMARTS) is 1. The van der Waals surface area contributed by atoms with Crippen molar-refractivity contribution in [2.45, 2.75) is 32.0 Å². The van der Waals surface area contributed by atoms with E-state index in [9.17, 15) is 19.8 Å². The molecule has 1 heterocycles. The van der Waals surface area contributed by atoms with E-state index >= 15 is 0 Å². The Labute approximate surface area is 227 Å². The molecule has 3 aromatic carbocycles. The van der Waals surface area contributed by atoms with E-state index in [0.717, 1.165) is 27.6 Å². The second-order valence-electron chi connectivity index (χ2n) is 9.80. The van der Waals surface area contributed by atoms with Crippen molar-refractivity contribution in [2.75, 3.05) is 20.6 Å². The van der Waals surface area contributed by atoms with Gasteiger partial charge in [-0.15, -0.1) is 0 Å². The number of carboxylic acids is 1.